The van der Waals surface area contributed by atoms with Gasteiger partial charge in [-0.2, -0.15) is 0 Å². The average Bonchev–Trinajstić information content (AvgIpc) is 3.22. The van der Waals surface area contributed by atoms with E-state index in [0.29, 0.717) is 0 Å². The Bertz CT molecular complexity index is 1220. The number of fused-ring (bicyclic) bond motifs is 6. The van der Waals surface area contributed by atoms with Gasteiger partial charge in [0.1, 0.15) is 0 Å². The SMILES string of the molecule is [AlH][n]1c2ccccc2c2ccccc21.[AlH][n]1c2ccccc2c2ccccc21. The van der Waals surface area contributed by atoms with Crippen LogP contribution in [0.3, 0.4) is 0 Å². The topological polar surface area (TPSA) is 9.86 Å². The van der Waals surface area contributed by atoms with Crippen molar-refractivity contribution in [2.45, 2.75) is 0 Å². The van der Waals surface area contributed by atoms with Gasteiger partial charge in [-0.3, -0.25) is 0 Å². The van der Waals surface area contributed by atoms with Crippen LogP contribution in [-0.4, -0.2) is 40.1 Å². The normalized spacial score (nSPS) is 11.1. The van der Waals surface area contributed by atoms with Crippen LogP contribution in [0.15, 0.2) is 97.1 Å². The van der Waals surface area contributed by atoms with Crippen molar-refractivity contribution in [2.75, 3.05) is 0 Å². The van der Waals surface area contributed by atoms with Crippen molar-refractivity contribution in [2.24, 2.45) is 0 Å². The fourth-order valence-electron chi connectivity index (χ4n) is 4.01. The molecule has 2 heterocycles. The van der Waals surface area contributed by atoms with E-state index in [4.69, 9.17) is 0 Å². The molecule has 0 saturated carbocycles. The highest BCUT2D eigenvalue weighted by Crippen LogP contribution is 2.27. The first-order valence-electron chi connectivity index (χ1n) is 9.34. The van der Waals surface area contributed by atoms with E-state index in [1.807, 2.05) is 33.0 Å². The summed E-state index contributed by atoms with van der Waals surface area (Å²) < 4.78 is 4.54. The highest BCUT2D eigenvalue weighted by atomic mass is 27.1. The lowest BCUT2D eigenvalue weighted by Crippen LogP contribution is -1.88. The van der Waals surface area contributed by atoms with E-state index >= 15 is 0 Å². The van der Waals surface area contributed by atoms with Crippen LogP contribution < -0.4 is 0 Å². The molecule has 0 atom stereocenters. The second-order valence-corrected chi connectivity index (χ2v) is 8.19. The number of nitrogens with zero attached hydrogens (tertiary/aromatic N) is 2. The summed E-state index contributed by atoms with van der Waals surface area (Å²) in [5.74, 6) is 0. The Kier molecular flexibility index (Phi) is 4.52. The van der Waals surface area contributed by atoms with E-state index in [9.17, 15) is 0 Å². The zero-order valence-corrected chi connectivity index (χ0v) is 18.4. The molecule has 0 saturated heterocycles. The summed E-state index contributed by atoms with van der Waals surface area (Å²) in [6, 6.07) is 34.1. The fraction of sp³-hybridized carbons (Fsp3) is 0. The minimum Gasteiger partial charge on any atom is -0.445 e. The minimum atomic E-state index is 1.31. The van der Waals surface area contributed by atoms with Gasteiger partial charge in [0.05, 0.1) is 0 Å². The maximum atomic E-state index is 2.27. The van der Waals surface area contributed by atoms with Gasteiger partial charge in [-0.15, -0.1) is 0 Å². The molecular weight excluding hydrogens is 370 g/mol. The summed E-state index contributed by atoms with van der Waals surface area (Å²) in [6.07, 6.45) is 0. The fourth-order valence-corrected chi connectivity index (χ4v) is 5.11. The van der Waals surface area contributed by atoms with Gasteiger partial charge < -0.3 is 7.10 Å². The number of hydrogen-bond donors (Lipinski definition) is 0. The molecule has 6 rings (SSSR count). The highest BCUT2D eigenvalue weighted by molar-refractivity contribution is 6.22. The smallest absolute Gasteiger partial charge is 0.349 e. The molecule has 6 aromatic rings. The molecule has 2 nitrogen and oxygen atoms in total. The van der Waals surface area contributed by atoms with E-state index in [-0.39, 0.29) is 0 Å². The van der Waals surface area contributed by atoms with Gasteiger partial charge in [-0.1, -0.05) is 72.8 Å². The molecular formula is C24H18Al2N2. The number of hydrogen-bond acceptors (Lipinski definition) is 0. The van der Waals surface area contributed by atoms with E-state index < -0.39 is 0 Å². The second kappa shape index (κ2) is 7.18. The molecule has 0 bridgehead atoms. The van der Waals surface area contributed by atoms with Crippen molar-refractivity contribution in [1.29, 1.82) is 0 Å². The molecule has 0 amide bonds. The van der Waals surface area contributed by atoms with Crippen molar-refractivity contribution in [1.82, 2.24) is 7.10 Å². The summed E-state index contributed by atoms with van der Waals surface area (Å²) in [6.45, 7) is 0. The van der Waals surface area contributed by atoms with Crippen LogP contribution in [0.4, 0.5) is 0 Å². The molecule has 28 heavy (non-hydrogen) atoms. The lowest BCUT2D eigenvalue weighted by molar-refractivity contribution is 1.39. The van der Waals surface area contributed by atoms with E-state index in [0.717, 1.165) is 0 Å². The third kappa shape index (κ3) is 2.79. The predicted octanol–water partition coefficient (Wildman–Crippen LogP) is 4.92. The van der Waals surface area contributed by atoms with Gasteiger partial charge in [0, 0.05) is 43.6 Å². The van der Waals surface area contributed by atoms with E-state index in [1.54, 1.807) is 0 Å². The van der Waals surface area contributed by atoms with Crippen molar-refractivity contribution in [3.8, 4) is 0 Å². The number of rotatable bonds is 0. The molecule has 2 aromatic heterocycles. The van der Waals surface area contributed by atoms with Crippen molar-refractivity contribution in [3.05, 3.63) is 97.1 Å². The Labute approximate surface area is 180 Å². The third-order valence-corrected chi connectivity index (χ3v) is 6.72. The van der Waals surface area contributed by atoms with Crippen LogP contribution >= 0.6 is 0 Å². The first-order chi connectivity index (χ1) is 13.8. The Morgan fingerprint density at radius 1 is 0.357 bits per heavy atom. The first kappa shape index (κ1) is 17.6. The van der Waals surface area contributed by atoms with Crippen molar-refractivity contribution >= 4 is 76.6 Å². The second-order valence-electron chi connectivity index (χ2n) is 6.92. The number of benzene rings is 4. The lowest BCUT2D eigenvalue weighted by atomic mass is 10.2. The van der Waals surface area contributed by atoms with Crippen LogP contribution in [0.1, 0.15) is 0 Å². The monoisotopic (exact) mass is 388 g/mol. The molecule has 2 radical (unpaired) electrons. The Morgan fingerprint density at radius 2 is 0.571 bits per heavy atom. The van der Waals surface area contributed by atoms with Gasteiger partial charge >= 0.3 is 33.0 Å². The zero-order chi connectivity index (χ0) is 19.1. The standard InChI is InChI=1S/2C12H8N.2Al.2H/c2*1-3-7-11-9(5-1)10-6-2-4-8-12(10)13-11;;;;/h2*1-8H;;;;/q2*-1;2*+1;;. The highest BCUT2D eigenvalue weighted by Gasteiger charge is 2.05. The summed E-state index contributed by atoms with van der Waals surface area (Å²) >= 11 is 3.80. The zero-order valence-electron chi connectivity index (χ0n) is 15.5. The molecule has 4 heteroatoms. The maximum absolute atomic E-state index is 2.27. The quantitative estimate of drug-likeness (QED) is 0.327. The minimum absolute atomic E-state index is 1.31. The van der Waals surface area contributed by atoms with Crippen LogP contribution in [0.2, 0.25) is 0 Å². The van der Waals surface area contributed by atoms with Gasteiger partial charge in [0.15, 0.2) is 0 Å². The van der Waals surface area contributed by atoms with Gasteiger partial charge in [-0.25, -0.2) is 0 Å². The van der Waals surface area contributed by atoms with Gasteiger partial charge in [0.2, 0.25) is 0 Å². The van der Waals surface area contributed by atoms with Gasteiger partial charge in [0.25, 0.3) is 0 Å². The molecule has 0 aliphatic carbocycles. The molecule has 0 unspecified atom stereocenters. The van der Waals surface area contributed by atoms with E-state index in [2.05, 4.69) is 104 Å². The van der Waals surface area contributed by atoms with Crippen LogP contribution in [-0.2, 0) is 0 Å². The average molecular weight is 388 g/mol. The molecule has 0 fully saturated rings. The molecule has 4 aromatic carbocycles. The summed E-state index contributed by atoms with van der Waals surface area (Å²) in [7, 11) is 0. The Balaban J connectivity index is 0.000000122. The molecule has 130 valence electrons. The predicted molar refractivity (Wildman–Crippen MR) is 124 cm³/mol. The third-order valence-electron chi connectivity index (χ3n) is 5.36. The summed E-state index contributed by atoms with van der Waals surface area (Å²) in [4.78, 5) is 0. The van der Waals surface area contributed by atoms with Crippen LogP contribution in [0.5, 0.6) is 0 Å². The molecule has 0 spiro atoms. The lowest BCUT2D eigenvalue weighted by Gasteiger charge is -1.97. The van der Waals surface area contributed by atoms with E-state index in [1.165, 1.54) is 43.6 Å². The Hall–Kier alpha value is -2.46. The van der Waals surface area contributed by atoms with Crippen molar-refractivity contribution in [3.63, 3.8) is 0 Å². The first-order valence-corrected chi connectivity index (χ1v) is 10.6. The number of para-hydroxylation sites is 4. The molecule has 0 aliphatic rings. The molecule has 0 N–H and O–H groups in total. The molecule has 0 aliphatic heterocycles. The summed E-state index contributed by atoms with van der Waals surface area (Å²) in [5, 5.41) is 5.38. The van der Waals surface area contributed by atoms with Crippen LogP contribution in [0.25, 0.3) is 43.6 Å². The largest absolute Gasteiger partial charge is 0.445 e. The van der Waals surface area contributed by atoms with Crippen LogP contribution in [0, 0.1) is 0 Å². The Morgan fingerprint density at radius 3 is 0.821 bits per heavy atom. The number of aromatic nitrogens is 2. The van der Waals surface area contributed by atoms with Gasteiger partial charge in [-0.05, 0) is 24.3 Å². The van der Waals surface area contributed by atoms with Crippen molar-refractivity contribution < 1.29 is 0 Å². The summed E-state index contributed by atoms with van der Waals surface area (Å²) in [5.41, 5.74) is 5.25. The maximum Gasteiger partial charge on any atom is 0.349 e.